The molecule has 0 aromatic heterocycles. The minimum Gasteiger partial charge on any atom is -0.349 e. The molecule has 0 amide bonds. The van der Waals surface area contributed by atoms with Crippen LogP contribution in [0.4, 0.5) is 0 Å². The molecular formula is C11H24N4. The van der Waals surface area contributed by atoms with Gasteiger partial charge in [0.15, 0.2) is 5.96 Å². The molecular weight excluding hydrogens is 188 g/mol. The smallest absolute Gasteiger partial charge is 0.200 e. The number of rotatable bonds is 5. The van der Waals surface area contributed by atoms with Crippen LogP contribution in [0, 0.1) is 0 Å². The Bertz CT molecular complexity index is 209. The average Bonchev–Trinajstić information content (AvgIpc) is 2.18. The van der Waals surface area contributed by atoms with Crippen molar-refractivity contribution >= 4 is 5.96 Å². The molecule has 4 nitrogen and oxygen atoms in total. The van der Waals surface area contributed by atoms with Crippen LogP contribution in [0.1, 0.15) is 13.3 Å². The van der Waals surface area contributed by atoms with Crippen LogP contribution in [0.3, 0.4) is 0 Å². The first kappa shape index (κ1) is 14.0. The Hall–Kier alpha value is -1.03. The van der Waals surface area contributed by atoms with Crippen LogP contribution >= 0.6 is 0 Å². The number of hydrogen-bond acceptors (Lipinski definition) is 2. The highest BCUT2D eigenvalue weighted by Crippen LogP contribution is 1.95. The van der Waals surface area contributed by atoms with Crippen molar-refractivity contribution in [2.45, 2.75) is 13.3 Å². The molecule has 0 saturated carbocycles. The molecule has 0 aromatic rings. The molecule has 0 saturated heterocycles. The van der Waals surface area contributed by atoms with Crippen molar-refractivity contribution in [1.29, 1.82) is 0 Å². The van der Waals surface area contributed by atoms with Gasteiger partial charge in [0.25, 0.3) is 0 Å². The van der Waals surface area contributed by atoms with E-state index >= 15 is 0 Å². The predicted octanol–water partition coefficient (Wildman–Crippen LogP) is 0.979. The van der Waals surface area contributed by atoms with Gasteiger partial charge in [0, 0.05) is 33.9 Å². The molecule has 0 aliphatic heterocycles. The van der Waals surface area contributed by atoms with Crippen molar-refractivity contribution in [2.24, 2.45) is 4.99 Å². The monoisotopic (exact) mass is 212 g/mol. The number of nitrogens with zero attached hydrogens (tertiary/aromatic N) is 3. The third-order valence-electron chi connectivity index (χ3n) is 2.00. The Morgan fingerprint density at radius 2 is 2.00 bits per heavy atom. The van der Waals surface area contributed by atoms with Gasteiger partial charge in [-0.3, -0.25) is 0 Å². The molecule has 0 radical (unpaired) electrons. The summed E-state index contributed by atoms with van der Waals surface area (Å²) in [7, 11) is 8.06. The molecule has 4 heteroatoms. The molecule has 0 aromatic carbocycles. The Labute approximate surface area is 93.7 Å². The van der Waals surface area contributed by atoms with Crippen molar-refractivity contribution in [3.63, 3.8) is 0 Å². The lowest BCUT2D eigenvalue weighted by molar-refractivity contribution is 0.415. The second kappa shape index (κ2) is 8.29. The summed E-state index contributed by atoms with van der Waals surface area (Å²) in [6.07, 6.45) is 4.88. The Morgan fingerprint density at radius 3 is 2.47 bits per heavy atom. The normalized spacial score (nSPS) is 12.2. The van der Waals surface area contributed by atoms with E-state index in [0.29, 0.717) is 0 Å². The Kier molecular flexibility index (Phi) is 7.72. The molecule has 0 aliphatic carbocycles. The van der Waals surface area contributed by atoms with Crippen molar-refractivity contribution < 1.29 is 0 Å². The number of allylic oxidation sites excluding steroid dienone is 1. The summed E-state index contributed by atoms with van der Waals surface area (Å²) in [4.78, 5) is 8.58. The van der Waals surface area contributed by atoms with Crippen molar-refractivity contribution in [2.75, 3.05) is 41.3 Å². The van der Waals surface area contributed by atoms with Crippen molar-refractivity contribution in [3.05, 3.63) is 12.3 Å². The van der Waals surface area contributed by atoms with Crippen LogP contribution < -0.4 is 5.32 Å². The van der Waals surface area contributed by atoms with Crippen LogP contribution in [0.5, 0.6) is 0 Å². The van der Waals surface area contributed by atoms with Gasteiger partial charge >= 0.3 is 0 Å². The minimum atomic E-state index is 0.990. The van der Waals surface area contributed by atoms with E-state index in [1.807, 2.05) is 45.2 Å². The summed E-state index contributed by atoms with van der Waals surface area (Å²) in [5.41, 5.74) is 0. The fourth-order valence-corrected chi connectivity index (χ4v) is 1.29. The number of hydrogen-bond donors (Lipinski definition) is 1. The second-order valence-electron chi connectivity index (χ2n) is 3.68. The first-order chi connectivity index (χ1) is 7.13. The van der Waals surface area contributed by atoms with Gasteiger partial charge in [0.1, 0.15) is 0 Å². The summed E-state index contributed by atoms with van der Waals surface area (Å²) in [5, 5.41) is 3.14. The molecule has 0 atom stereocenters. The minimum absolute atomic E-state index is 0.990. The Morgan fingerprint density at radius 1 is 1.33 bits per heavy atom. The Balaban J connectivity index is 4.23. The van der Waals surface area contributed by atoms with Crippen molar-refractivity contribution in [1.82, 2.24) is 15.1 Å². The molecule has 0 spiro atoms. The second-order valence-corrected chi connectivity index (χ2v) is 3.68. The highest BCUT2D eigenvalue weighted by atomic mass is 15.3. The van der Waals surface area contributed by atoms with Crippen LogP contribution in [0.25, 0.3) is 0 Å². The summed E-state index contributed by atoms with van der Waals surface area (Å²) in [5.74, 6) is 0.990. The highest BCUT2D eigenvalue weighted by Gasteiger charge is 2.06. The lowest BCUT2D eigenvalue weighted by Crippen LogP contribution is -2.39. The van der Waals surface area contributed by atoms with Crippen molar-refractivity contribution in [3.8, 4) is 0 Å². The zero-order valence-corrected chi connectivity index (χ0v) is 10.6. The van der Waals surface area contributed by atoms with E-state index in [0.717, 1.165) is 25.5 Å². The maximum absolute atomic E-state index is 4.39. The van der Waals surface area contributed by atoms with Gasteiger partial charge in [-0.05, 0) is 26.9 Å². The maximum atomic E-state index is 4.39. The summed E-state index contributed by atoms with van der Waals surface area (Å²) >= 11 is 0. The molecule has 0 bridgehead atoms. The van der Waals surface area contributed by atoms with E-state index in [1.165, 1.54) is 0 Å². The fraction of sp³-hybridized carbons (Fsp3) is 0.727. The maximum Gasteiger partial charge on any atom is 0.200 e. The lowest BCUT2D eigenvalue weighted by Gasteiger charge is -2.26. The molecule has 0 heterocycles. The van der Waals surface area contributed by atoms with Crippen LogP contribution in [-0.2, 0) is 0 Å². The number of aliphatic imine (C=N–C) groups is 1. The number of nitrogens with one attached hydrogen (secondary N) is 1. The van der Waals surface area contributed by atoms with Gasteiger partial charge in [0.05, 0.1) is 0 Å². The van der Waals surface area contributed by atoms with E-state index in [1.54, 1.807) is 0 Å². The summed E-state index contributed by atoms with van der Waals surface area (Å²) in [6.45, 7) is 4.02. The van der Waals surface area contributed by atoms with Gasteiger partial charge in [-0.2, -0.15) is 0 Å². The van der Waals surface area contributed by atoms with E-state index in [9.17, 15) is 0 Å². The van der Waals surface area contributed by atoms with Gasteiger partial charge in [0.2, 0.25) is 0 Å². The molecule has 15 heavy (non-hydrogen) atoms. The number of guanidine groups is 1. The van der Waals surface area contributed by atoms with E-state index in [4.69, 9.17) is 0 Å². The van der Waals surface area contributed by atoms with E-state index < -0.39 is 0 Å². The predicted molar refractivity (Wildman–Crippen MR) is 67.1 cm³/mol. The molecule has 1 N–H and O–H groups in total. The highest BCUT2D eigenvalue weighted by molar-refractivity contribution is 5.79. The van der Waals surface area contributed by atoms with Crippen LogP contribution in [0.2, 0.25) is 0 Å². The summed E-state index contributed by atoms with van der Waals surface area (Å²) < 4.78 is 0. The molecule has 88 valence electrons. The lowest BCUT2D eigenvalue weighted by atomic mass is 10.4. The SMILES string of the molecule is C/C=C/N=C(N(C)C)N(C)CCCNC. The van der Waals surface area contributed by atoms with E-state index in [2.05, 4.69) is 22.3 Å². The first-order valence-electron chi connectivity index (χ1n) is 5.35. The zero-order chi connectivity index (χ0) is 11.7. The third-order valence-corrected chi connectivity index (χ3v) is 2.00. The van der Waals surface area contributed by atoms with Crippen LogP contribution in [0.15, 0.2) is 17.3 Å². The van der Waals surface area contributed by atoms with Crippen LogP contribution in [-0.4, -0.2) is 57.0 Å². The molecule has 0 rings (SSSR count). The van der Waals surface area contributed by atoms with Gasteiger partial charge in [-0.1, -0.05) is 6.08 Å². The molecule has 0 unspecified atom stereocenters. The summed E-state index contributed by atoms with van der Waals surface area (Å²) in [6, 6.07) is 0. The quantitative estimate of drug-likeness (QED) is 0.419. The standard InChI is InChI=1S/C11H24N4/c1-6-8-13-11(14(3)4)15(5)10-7-9-12-2/h6,8,12H,7,9-10H2,1-5H3/b8-6+,13-11?. The van der Waals surface area contributed by atoms with Gasteiger partial charge in [-0.15, -0.1) is 0 Å². The van der Waals surface area contributed by atoms with Gasteiger partial charge in [-0.25, -0.2) is 4.99 Å². The first-order valence-corrected chi connectivity index (χ1v) is 5.35. The van der Waals surface area contributed by atoms with E-state index in [-0.39, 0.29) is 0 Å². The average molecular weight is 212 g/mol. The molecule has 0 aliphatic rings. The fourth-order valence-electron chi connectivity index (χ4n) is 1.29. The third kappa shape index (κ3) is 6.12. The van der Waals surface area contributed by atoms with Gasteiger partial charge < -0.3 is 15.1 Å². The largest absolute Gasteiger partial charge is 0.349 e. The molecule has 0 fully saturated rings. The zero-order valence-electron chi connectivity index (χ0n) is 10.6. The topological polar surface area (TPSA) is 30.9 Å².